The molecule has 2 N–H and O–H groups in total. The summed E-state index contributed by atoms with van der Waals surface area (Å²) in [5.74, 6) is -0.820. The summed E-state index contributed by atoms with van der Waals surface area (Å²) in [7, 11) is 0. The lowest BCUT2D eigenvalue weighted by atomic mass is 10.1. The van der Waals surface area contributed by atoms with Gasteiger partial charge in [-0.05, 0) is 30.7 Å². The molecule has 5 heteroatoms. The zero-order valence-electron chi connectivity index (χ0n) is 10.1. The van der Waals surface area contributed by atoms with Crippen molar-refractivity contribution in [1.29, 1.82) is 0 Å². The summed E-state index contributed by atoms with van der Waals surface area (Å²) in [5.41, 5.74) is 0.747. The van der Waals surface area contributed by atoms with Crippen LogP contribution in [-0.4, -0.2) is 42.2 Å². The van der Waals surface area contributed by atoms with Crippen LogP contribution in [0.1, 0.15) is 18.0 Å². The first-order valence-electron chi connectivity index (χ1n) is 6.11. The highest BCUT2D eigenvalue weighted by Gasteiger charge is 2.27. The van der Waals surface area contributed by atoms with E-state index in [1.807, 2.05) is 11.0 Å². The third-order valence-electron chi connectivity index (χ3n) is 3.14. The molecule has 0 aromatic heterocycles. The van der Waals surface area contributed by atoms with Crippen LogP contribution in [0.5, 0.6) is 0 Å². The molecule has 0 saturated carbocycles. The maximum absolute atomic E-state index is 11.5. The summed E-state index contributed by atoms with van der Waals surface area (Å²) in [6, 6.07) is 6.50. The summed E-state index contributed by atoms with van der Waals surface area (Å²) in [5, 5.41) is 13.3. The highest BCUT2D eigenvalue weighted by molar-refractivity contribution is 6.30. The molecule has 1 fully saturated rings. The van der Waals surface area contributed by atoms with E-state index in [0.717, 1.165) is 38.2 Å². The first kappa shape index (κ1) is 13.3. The molecule has 0 amide bonds. The van der Waals surface area contributed by atoms with Crippen LogP contribution in [0.25, 0.3) is 0 Å². The molecule has 1 heterocycles. The van der Waals surface area contributed by atoms with Crippen molar-refractivity contribution in [3.8, 4) is 0 Å². The molecule has 1 aromatic rings. The molecular formula is C13H17ClN2O2. The fourth-order valence-corrected chi connectivity index (χ4v) is 2.51. The first-order chi connectivity index (χ1) is 8.68. The number of halogens is 1. The van der Waals surface area contributed by atoms with E-state index >= 15 is 0 Å². The molecule has 1 saturated heterocycles. The van der Waals surface area contributed by atoms with E-state index in [0.29, 0.717) is 5.02 Å². The zero-order valence-corrected chi connectivity index (χ0v) is 10.9. The molecule has 1 unspecified atom stereocenters. The lowest BCUT2D eigenvalue weighted by Gasteiger charge is -2.27. The number of carboxylic acids is 1. The highest BCUT2D eigenvalue weighted by Crippen LogP contribution is 2.24. The van der Waals surface area contributed by atoms with Crippen molar-refractivity contribution in [2.45, 2.75) is 12.5 Å². The Morgan fingerprint density at radius 1 is 1.39 bits per heavy atom. The van der Waals surface area contributed by atoms with E-state index in [1.165, 1.54) is 0 Å². The van der Waals surface area contributed by atoms with Gasteiger partial charge >= 0.3 is 5.97 Å². The van der Waals surface area contributed by atoms with Crippen molar-refractivity contribution >= 4 is 17.6 Å². The molecule has 0 radical (unpaired) electrons. The van der Waals surface area contributed by atoms with Crippen LogP contribution in [0.4, 0.5) is 0 Å². The minimum atomic E-state index is -0.820. The van der Waals surface area contributed by atoms with Crippen molar-refractivity contribution < 1.29 is 9.90 Å². The van der Waals surface area contributed by atoms with Gasteiger partial charge in [-0.3, -0.25) is 9.69 Å². The molecule has 18 heavy (non-hydrogen) atoms. The summed E-state index contributed by atoms with van der Waals surface area (Å²) in [4.78, 5) is 13.5. The van der Waals surface area contributed by atoms with Gasteiger partial charge in [0.05, 0.1) is 0 Å². The molecule has 1 atom stereocenters. The van der Waals surface area contributed by atoms with E-state index in [1.54, 1.807) is 18.2 Å². The Morgan fingerprint density at radius 2 is 2.22 bits per heavy atom. The highest BCUT2D eigenvalue weighted by atomic mass is 35.5. The largest absolute Gasteiger partial charge is 0.480 e. The van der Waals surface area contributed by atoms with E-state index < -0.39 is 12.0 Å². The molecule has 0 bridgehead atoms. The summed E-state index contributed by atoms with van der Waals surface area (Å²) in [6.45, 7) is 3.29. The predicted octanol–water partition coefficient (Wildman–Crippen LogP) is 1.76. The average Bonchev–Trinajstić information content (AvgIpc) is 2.58. The number of rotatable bonds is 3. The minimum absolute atomic E-state index is 0.576. The number of hydrogen-bond donors (Lipinski definition) is 2. The number of carbonyl (C=O) groups is 1. The average molecular weight is 269 g/mol. The second kappa shape index (κ2) is 6.18. The molecule has 2 rings (SSSR count). The molecule has 98 valence electrons. The van der Waals surface area contributed by atoms with Crippen LogP contribution in [-0.2, 0) is 4.79 Å². The maximum Gasteiger partial charge on any atom is 0.325 e. The Hall–Kier alpha value is -1.10. The van der Waals surface area contributed by atoms with Gasteiger partial charge in [0, 0.05) is 24.7 Å². The lowest BCUT2D eigenvalue weighted by Crippen LogP contribution is -2.36. The smallest absolute Gasteiger partial charge is 0.325 e. The Bertz CT molecular complexity index is 417. The predicted molar refractivity (Wildman–Crippen MR) is 70.9 cm³/mol. The second-order valence-corrected chi connectivity index (χ2v) is 4.87. The zero-order chi connectivity index (χ0) is 13.0. The van der Waals surface area contributed by atoms with Gasteiger partial charge in [0.15, 0.2) is 0 Å². The fraction of sp³-hybridized carbons (Fsp3) is 0.462. The van der Waals surface area contributed by atoms with Crippen molar-refractivity contribution in [2.75, 3.05) is 26.2 Å². The molecule has 0 aliphatic carbocycles. The molecule has 0 spiro atoms. The quantitative estimate of drug-likeness (QED) is 0.877. The van der Waals surface area contributed by atoms with Crippen molar-refractivity contribution in [2.24, 2.45) is 0 Å². The monoisotopic (exact) mass is 268 g/mol. The topological polar surface area (TPSA) is 52.6 Å². The van der Waals surface area contributed by atoms with Crippen LogP contribution in [0.15, 0.2) is 24.3 Å². The Kier molecular flexibility index (Phi) is 4.58. The van der Waals surface area contributed by atoms with E-state index in [4.69, 9.17) is 11.6 Å². The van der Waals surface area contributed by atoms with Crippen LogP contribution in [0, 0.1) is 0 Å². The van der Waals surface area contributed by atoms with Gasteiger partial charge in [-0.2, -0.15) is 0 Å². The third kappa shape index (κ3) is 3.22. The van der Waals surface area contributed by atoms with E-state index in [9.17, 15) is 9.90 Å². The van der Waals surface area contributed by atoms with Gasteiger partial charge in [-0.1, -0.05) is 23.7 Å². The SMILES string of the molecule is O=C(O)C(c1cccc(Cl)c1)N1CCCNCC1. The summed E-state index contributed by atoms with van der Waals surface area (Å²) in [6.07, 6.45) is 0.963. The number of carboxylic acid groups (broad SMARTS) is 1. The van der Waals surface area contributed by atoms with Gasteiger partial charge < -0.3 is 10.4 Å². The van der Waals surface area contributed by atoms with Gasteiger partial charge in [-0.15, -0.1) is 0 Å². The van der Waals surface area contributed by atoms with E-state index in [2.05, 4.69) is 5.32 Å². The van der Waals surface area contributed by atoms with Crippen LogP contribution < -0.4 is 5.32 Å². The second-order valence-electron chi connectivity index (χ2n) is 4.44. The fourth-order valence-electron chi connectivity index (χ4n) is 2.31. The van der Waals surface area contributed by atoms with Crippen molar-refractivity contribution in [3.63, 3.8) is 0 Å². The normalized spacial score (nSPS) is 19.2. The lowest BCUT2D eigenvalue weighted by molar-refractivity contribution is -0.143. The molecule has 4 nitrogen and oxygen atoms in total. The molecule has 1 aliphatic rings. The van der Waals surface area contributed by atoms with Crippen LogP contribution >= 0.6 is 11.6 Å². The summed E-state index contributed by atoms with van der Waals surface area (Å²) >= 11 is 5.94. The van der Waals surface area contributed by atoms with Crippen LogP contribution in [0.3, 0.4) is 0 Å². The minimum Gasteiger partial charge on any atom is -0.480 e. The maximum atomic E-state index is 11.5. The third-order valence-corrected chi connectivity index (χ3v) is 3.37. The van der Waals surface area contributed by atoms with Gasteiger partial charge in [-0.25, -0.2) is 0 Å². The van der Waals surface area contributed by atoms with Gasteiger partial charge in [0.1, 0.15) is 6.04 Å². The number of aliphatic carboxylic acids is 1. The number of nitrogens with zero attached hydrogens (tertiary/aromatic N) is 1. The van der Waals surface area contributed by atoms with Crippen molar-refractivity contribution in [1.82, 2.24) is 10.2 Å². The number of nitrogens with one attached hydrogen (secondary N) is 1. The van der Waals surface area contributed by atoms with Gasteiger partial charge in [0.25, 0.3) is 0 Å². The Balaban J connectivity index is 2.24. The van der Waals surface area contributed by atoms with Crippen molar-refractivity contribution in [3.05, 3.63) is 34.9 Å². The van der Waals surface area contributed by atoms with Crippen LogP contribution in [0.2, 0.25) is 5.02 Å². The Labute approximate surface area is 112 Å². The Morgan fingerprint density at radius 3 is 2.94 bits per heavy atom. The summed E-state index contributed by atoms with van der Waals surface area (Å²) < 4.78 is 0. The molecule has 1 aliphatic heterocycles. The first-order valence-corrected chi connectivity index (χ1v) is 6.49. The van der Waals surface area contributed by atoms with E-state index in [-0.39, 0.29) is 0 Å². The molecular weight excluding hydrogens is 252 g/mol. The number of benzene rings is 1. The molecule has 1 aromatic carbocycles. The number of hydrogen-bond acceptors (Lipinski definition) is 3. The standard InChI is InChI=1S/C13H17ClN2O2/c14-11-4-1-3-10(9-11)12(13(17)18)16-7-2-5-15-6-8-16/h1,3-4,9,12,15H,2,5-8H2,(H,17,18). The van der Waals surface area contributed by atoms with Gasteiger partial charge in [0.2, 0.25) is 0 Å².